The van der Waals surface area contributed by atoms with Gasteiger partial charge in [-0.25, -0.2) is 4.79 Å². The fourth-order valence-corrected chi connectivity index (χ4v) is 3.19. The number of piperidine rings is 1. The lowest BCUT2D eigenvalue weighted by atomic mass is 9.98. The summed E-state index contributed by atoms with van der Waals surface area (Å²) in [5, 5.41) is 9.12. The van der Waals surface area contributed by atoms with Gasteiger partial charge in [-0.2, -0.15) is 0 Å². The van der Waals surface area contributed by atoms with E-state index in [0.29, 0.717) is 19.5 Å². The van der Waals surface area contributed by atoms with Gasteiger partial charge in [-0.1, -0.05) is 0 Å². The largest absolute Gasteiger partial charge is 0.481 e. The van der Waals surface area contributed by atoms with Gasteiger partial charge in [-0.05, 0) is 39.8 Å². The monoisotopic (exact) mass is 283 g/mol. The van der Waals surface area contributed by atoms with Crippen molar-refractivity contribution in [2.45, 2.75) is 32.2 Å². The van der Waals surface area contributed by atoms with Gasteiger partial charge in [0.1, 0.15) is 0 Å². The molecule has 0 bridgehead atoms. The predicted molar refractivity (Wildman–Crippen MR) is 75.6 cm³/mol. The SMILES string of the molecule is CC1CN(C)CCCN1C(=O)N1CCC[C@H](C(=O)O)C1. The zero-order valence-electron chi connectivity index (χ0n) is 12.4. The highest BCUT2D eigenvalue weighted by atomic mass is 16.4. The number of urea groups is 1. The summed E-state index contributed by atoms with van der Waals surface area (Å²) in [6.45, 7) is 5.75. The highest BCUT2D eigenvalue weighted by Crippen LogP contribution is 2.20. The van der Waals surface area contributed by atoms with Crippen LogP contribution in [0.15, 0.2) is 0 Å². The lowest BCUT2D eigenvalue weighted by Crippen LogP contribution is -2.52. The summed E-state index contributed by atoms with van der Waals surface area (Å²) in [6.07, 6.45) is 2.44. The minimum atomic E-state index is -0.786. The quantitative estimate of drug-likeness (QED) is 0.777. The molecule has 6 nitrogen and oxygen atoms in total. The molecule has 0 aromatic heterocycles. The summed E-state index contributed by atoms with van der Waals surface area (Å²) in [5.74, 6) is -1.19. The van der Waals surface area contributed by atoms with Crippen LogP contribution in [0.25, 0.3) is 0 Å². The third kappa shape index (κ3) is 3.42. The predicted octanol–water partition coefficient (Wildman–Crippen LogP) is 0.929. The van der Waals surface area contributed by atoms with E-state index in [0.717, 1.165) is 32.5 Å². The lowest BCUT2D eigenvalue weighted by Gasteiger charge is -2.37. The number of amides is 2. The number of hydrogen-bond donors (Lipinski definition) is 1. The molecule has 2 heterocycles. The Hall–Kier alpha value is -1.30. The van der Waals surface area contributed by atoms with Crippen molar-refractivity contribution in [1.29, 1.82) is 0 Å². The molecule has 2 aliphatic heterocycles. The second kappa shape index (κ2) is 6.43. The fourth-order valence-electron chi connectivity index (χ4n) is 3.19. The number of rotatable bonds is 1. The first kappa shape index (κ1) is 15.1. The van der Waals surface area contributed by atoms with Crippen molar-refractivity contribution in [1.82, 2.24) is 14.7 Å². The maximum absolute atomic E-state index is 12.6. The molecule has 6 heteroatoms. The van der Waals surface area contributed by atoms with Crippen molar-refractivity contribution < 1.29 is 14.7 Å². The summed E-state index contributed by atoms with van der Waals surface area (Å²) >= 11 is 0. The Bertz CT molecular complexity index is 375. The number of nitrogens with zero attached hydrogens (tertiary/aromatic N) is 3. The van der Waals surface area contributed by atoms with E-state index in [2.05, 4.69) is 18.9 Å². The van der Waals surface area contributed by atoms with E-state index in [1.54, 1.807) is 4.90 Å². The molecule has 2 atom stereocenters. The maximum atomic E-state index is 12.6. The molecule has 114 valence electrons. The smallest absolute Gasteiger partial charge is 0.320 e. The van der Waals surface area contributed by atoms with Crippen LogP contribution in [0.3, 0.4) is 0 Å². The average Bonchev–Trinajstić information content (AvgIpc) is 2.58. The molecule has 2 aliphatic rings. The highest BCUT2D eigenvalue weighted by Gasteiger charge is 2.32. The van der Waals surface area contributed by atoms with Crippen LogP contribution < -0.4 is 0 Å². The molecule has 2 fully saturated rings. The third-order valence-corrected chi connectivity index (χ3v) is 4.33. The second-order valence-electron chi connectivity index (χ2n) is 6.06. The molecular weight excluding hydrogens is 258 g/mol. The van der Waals surface area contributed by atoms with Crippen LogP contribution in [-0.4, -0.2) is 77.6 Å². The van der Waals surface area contributed by atoms with Gasteiger partial charge in [-0.15, -0.1) is 0 Å². The van der Waals surface area contributed by atoms with E-state index in [1.807, 2.05) is 4.90 Å². The van der Waals surface area contributed by atoms with Gasteiger partial charge in [0.05, 0.1) is 5.92 Å². The van der Waals surface area contributed by atoms with E-state index < -0.39 is 11.9 Å². The molecule has 0 aromatic rings. The first-order valence-electron chi connectivity index (χ1n) is 7.46. The van der Waals surface area contributed by atoms with Crippen LogP contribution in [0.1, 0.15) is 26.2 Å². The number of carboxylic acid groups (broad SMARTS) is 1. The molecule has 2 saturated heterocycles. The van der Waals surface area contributed by atoms with Gasteiger partial charge < -0.3 is 19.8 Å². The van der Waals surface area contributed by atoms with Crippen molar-refractivity contribution in [3.8, 4) is 0 Å². The summed E-state index contributed by atoms with van der Waals surface area (Å²) in [6, 6.07) is 0.193. The topological polar surface area (TPSA) is 64.1 Å². The third-order valence-electron chi connectivity index (χ3n) is 4.33. The van der Waals surface area contributed by atoms with Crippen LogP contribution in [0.4, 0.5) is 4.79 Å². The standard InChI is InChI=1S/C14H25N3O3/c1-11-9-15(2)6-4-8-17(11)14(20)16-7-3-5-12(10-16)13(18)19/h11-12H,3-10H2,1-2H3,(H,18,19)/t11?,12-/m0/s1. The van der Waals surface area contributed by atoms with E-state index in [4.69, 9.17) is 5.11 Å². The minimum absolute atomic E-state index is 0.0127. The zero-order valence-corrected chi connectivity index (χ0v) is 12.4. The van der Waals surface area contributed by atoms with E-state index >= 15 is 0 Å². The summed E-state index contributed by atoms with van der Waals surface area (Å²) in [4.78, 5) is 29.6. The van der Waals surface area contributed by atoms with Gasteiger partial charge >= 0.3 is 12.0 Å². The van der Waals surface area contributed by atoms with E-state index in [1.165, 1.54) is 0 Å². The van der Waals surface area contributed by atoms with Gasteiger partial charge in [0.15, 0.2) is 0 Å². The van der Waals surface area contributed by atoms with Crippen molar-refractivity contribution >= 4 is 12.0 Å². The minimum Gasteiger partial charge on any atom is -0.481 e. The molecule has 0 aliphatic carbocycles. The molecule has 0 radical (unpaired) electrons. The Morgan fingerprint density at radius 3 is 2.55 bits per heavy atom. The Balaban J connectivity index is 2.00. The average molecular weight is 283 g/mol. The molecule has 20 heavy (non-hydrogen) atoms. The molecule has 0 spiro atoms. The van der Waals surface area contributed by atoms with Crippen molar-refractivity contribution in [3.05, 3.63) is 0 Å². The van der Waals surface area contributed by atoms with Crippen molar-refractivity contribution in [2.75, 3.05) is 39.8 Å². The number of carboxylic acids is 1. The molecule has 0 aromatic carbocycles. The highest BCUT2D eigenvalue weighted by molar-refractivity contribution is 5.77. The van der Waals surface area contributed by atoms with Crippen LogP contribution in [-0.2, 0) is 4.79 Å². The van der Waals surface area contributed by atoms with Gasteiger partial charge in [0.25, 0.3) is 0 Å². The van der Waals surface area contributed by atoms with Crippen LogP contribution in [0.5, 0.6) is 0 Å². The Morgan fingerprint density at radius 2 is 1.85 bits per heavy atom. The normalized spacial score (nSPS) is 29.1. The van der Waals surface area contributed by atoms with Gasteiger partial charge in [0.2, 0.25) is 0 Å². The summed E-state index contributed by atoms with van der Waals surface area (Å²) < 4.78 is 0. The Morgan fingerprint density at radius 1 is 1.10 bits per heavy atom. The van der Waals surface area contributed by atoms with E-state index in [-0.39, 0.29) is 12.1 Å². The van der Waals surface area contributed by atoms with Gasteiger partial charge in [0, 0.05) is 32.2 Å². The van der Waals surface area contributed by atoms with Crippen molar-refractivity contribution in [2.24, 2.45) is 5.92 Å². The lowest BCUT2D eigenvalue weighted by molar-refractivity contribution is -0.143. The second-order valence-corrected chi connectivity index (χ2v) is 6.06. The van der Waals surface area contributed by atoms with Gasteiger partial charge in [-0.3, -0.25) is 4.79 Å². The molecule has 0 saturated carbocycles. The number of likely N-dealkylation sites (tertiary alicyclic amines) is 1. The van der Waals surface area contributed by atoms with E-state index in [9.17, 15) is 9.59 Å². The first-order valence-corrected chi connectivity index (χ1v) is 7.46. The Labute approximate surface area is 120 Å². The number of carbonyl (C=O) groups is 2. The van der Waals surface area contributed by atoms with Crippen LogP contribution >= 0.6 is 0 Å². The van der Waals surface area contributed by atoms with Crippen LogP contribution in [0, 0.1) is 5.92 Å². The van der Waals surface area contributed by atoms with Crippen LogP contribution in [0.2, 0.25) is 0 Å². The fraction of sp³-hybridized carbons (Fsp3) is 0.857. The maximum Gasteiger partial charge on any atom is 0.320 e. The molecule has 2 amide bonds. The zero-order chi connectivity index (χ0) is 14.7. The summed E-state index contributed by atoms with van der Waals surface area (Å²) in [7, 11) is 2.08. The summed E-state index contributed by atoms with van der Waals surface area (Å²) in [5.41, 5.74) is 0. The molecule has 1 N–H and O–H groups in total. The molecule has 2 rings (SSSR count). The molecule has 1 unspecified atom stereocenters. The number of hydrogen-bond acceptors (Lipinski definition) is 3. The number of aliphatic carboxylic acids is 1. The van der Waals surface area contributed by atoms with Crippen molar-refractivity contribution in [3.63, 3.8) is 0 Å². The first-order chi connectivity index (χ1) is 9.49. The number of likely N-dealkylation sites (N-methyl/N-ethyl adjacent to an activating group) is 1. The molecular formula is C14H25N3O3. The Kier molecular flexibility index (Phi) is 4.86. The number of carbonyl (C=O) groups excluding carboxylic acids is 1.